The van der Waals surface area contributed by atoms with Crippen LogP contribution in [0.3, 0.4) is 0 Å². The Balaban J connectivity index is 2.12. The number of carboxylic acids is 1. The Morgan fingerprint density at radius 1 is 1.50 bits per heavy atom. The van der Waals surface area contributed by atoms with E-state index in [-0.39, 0.29) is 5.69 Å². The topological polar surface area (TPSA) is 79.5 Å². The van der Waals surface area contributed by atoms with Gasteiger partial charge in [0.25, 0.3) is 0 Å². The number of nitrogens with one attached hydrogen (secondary N) is 1. The first kappa shape index (κ1) is 9.14. The van der Waals surface area contributed by atoms with Gasteiger partial charge < -0.3 is 10.4 Å². The molecule has 6 heteroatoms. The summed E-state index contributed by atoms with van der Waals surface area (Å²) in [5, 5.41) is 12.2. The van der Waals surface area contributed by atoms with Crippen molar-refractivity contribution in [3.8, 4) is 0 Å². The molecule has 1 aliphatic carbocycles. The second-order valence-electron chi connectivity index (χ2n) is 3.84. The van der Waals surface area contributed by atoms with Crippen LogP contribution in [0.5, 0.6) is 0 Å². The minimum Gasteiger partial charge on any atom is -0.477 e. The first-order chi connectivity index (χ1) is 7.75. The van der Waals surface area contributed by atoms with Crippen LogP contribution in [-0.2, 0) is 0 Å². The predicted octanol–water partition coefficient (Wildman–Crippen LogP) is 1.00. The third-order valence-electron chi connectivity index (χ3n) is 2.57. The lowest BCUT2D eigenvalue weighted by Crippen LogP contribution is -2.07. The molecule has 1 saturated carbocycles. The fourth-order valence-corrected chi connectivity index (χ4v) is 1.60. The van der Waals surface area contributed by atoms with Gasteiger partial charge in [0.2, 0.25) is 0 Å². The molecule has 2 N–H and O–H groups in total. The minimum atomic E-state index is -0.990. The number of imidazole rings is 1. The van der Waals surface area contributed by atoms with E-state index in [9.17, 15) is 4.79 Å². The molecule has 2 aromatic heterocycles. The Morgan fingerprint density at radius 2 is 2.31 bits per heavy atom. The van der Waals surface area contributed by atoms with E-state index in [1.807, 2.05) is 0 Å². The van der Waals surface area contributed by atoms with Crippen molar-refractivity contribution in [3.05, 3.63) is 24.3 Å². The minimum absolute atomic E-state index is 0.149. The van der Waals surface area contributed by atoms with Crippen LogP contribution in [0.2, 0.25) is 0 Å². The van der Waals surface area contributed by atoms with Gasteiger partial charge in [-0.15, -0.1) is 0 Å². The number of aromatic nitrogens is 3. The van der Waals surface area contributed by atoms with Crippen LogP contribution in [0.4, 0.5) is 5.82 Å². The first-order valence-electron chi connectivity index (χ1n) is 5.07. The number of rotatable bonds is 3. The molecule has 0 aromatic carbocycles. The van der Waals surface area contributed by atoms with Crippen LogP contribution in [-0.4, -0.2) is 31.5 Å². The molecule has 3 rings (SSSR count). The Morgan fingerprint density at radius 3 is 3.00 bits per heavy atom. The molecule has 2 heterocycles. The molecular formula is C10H10N4O2. The highest BCUT2D eigenvalue weighted by molar-refractivity contribution is 5.87. The van der Waals surface area contributed by atoms with Gasteiger partial charge in [-0.1, -0.05) is 0 Å². The molecule has 0 atom stereocenters. The van der Waals surface area contributed by atoms with Crippen LogP contribution < -0.4 is 5.32 Å². The number of carbonyl (C=O) groups is 1. The molecule has 6 nitrogen and oxygen atoms in total. The molecule has 0 radical (unpaired) electrons. The zero-order valence-electron chi connectivity index (χ0n) is 8.42. The average Bonchev–Trinajstić information content (AvgIpc) is 2.95. The Labute approximate surface area is 90.9 Å². The van der Waals surface area contributed by atoms with Gasteiger partial charge in [-0.05, 0) is 12.8 Å². The molecule has 2 aromatic rings. The maximum Gasteiger partial charge on any atom is 0.354 e. The second-order valence-corrected chi connectivity index (χ2v) is 3.84. The SMILES string of the molecule is O=C(O)c1cnc2c(NC3CC3)nccn12. The fourth-order valence-electron chi connectivity index (χ4n) is 1.60. The van der Waals surface area contributed by atoms with Gasteiger partial charge in [0.15, 0.2) is 17.2 Å². The average molecular weight is 218 g/mol. The molecule has 0 amide bonds. The van der Waals surface area contributed by atoms with Gasteiger partial charge in [-0.25, -0.2) is 14.8 Å². The van der Waals surface area contributed by atoms with Gasteiger partial charge >= 0.3 is 5.97 Å². The number of carboxylic acid groups (broad SMARTS) is 1. The lowest BCUT2D eigenvalue weighted by Gasteiger charge is -2.04. The highest BCUT2D eigenvalue weighted by Crippen LogP contribution is 2.25. The molecule has 0 bridgehead atoms. The number of anilines is 1. The summed E-state index contributed by atoms with van der Waals surface area (Å²) in [7, 11) is 0. The van der Waals surface area contributed by atoms with Crippen LogP contribution >= 0.6 is 0 Å². The Kier molecular flexibility index (Phi) is 1.82. The molecule has 1 aliphatic rings. The number of aromatic carboxylic acids is 1. The van der Waals surface area contributed by atoms with Crippen LogP contribution in [0.25, 0.3) is 5.65 Å². The molecule has 82 valence electrons. The van der Waals surface area contributed by atoms with Crippen molar-refractivity contribution < 1.29 is 9.90 Å². The van der Waals surface area contributed by atoms with Gasteiger partial charge in [0.1, 0.15) is 0 Å². The van der Waals surface area contributed by atoms with E-state index >= 15 is 0 Å². The summed E-state index contributed by atoms with van der Waals surface area (Å²) < 4.78 is 1.53. The van der Waals surface area contributed by atoms with Crippen LogP contribution in [0.1, 0.15) is 23.3 Å². The van der Waals surface area contributed by atoms with E-state index < -0.39 is 5.97 Å². The standard InChI is InChI=1S/C10H10N4O2/c15-10(16)7-5-12-9-8(13-6-1-2-6)11-3-4-14(7)9/h3-6H,1-2H2,(H,11,13)(H,15,16). The molecule has 16 heavy (non-hydrogen) atoms. The van der Waals surface area contributed by atoms with Crippen molar-refractivity contribution >= 4 is 17.4 Å². The second kappa shape index (κ2) is 3.19. The van der Waals surface area contributed by atoms with Gasteiger partial charge in [0, 0.05) is 18.4 Å². The smallest absolute Gasteiger partial charge is 0.354 e. The Hall–Kier alpha value is -2.11. The van der Waals surface area contributed by atoms with E-state index in [0.717, 1.165) is 12.8 Å². The molecule has 0 spiro atoms. The van der Waals surface area contributed by atoms with Gasteiger partial charge in [-0.2, -0.15) is 0 Å². The van der Waals surface area contributed by atoms with E-state index in [4.69, 9.17) is 5.11 Å². The molecule has 1 fully saturated rings. The van der Waals surface area contributed by atoms with E-state index in [1.165, 1.54) is 10.6 Å². The zero-order chi connectivity index (χ0) is 11.1. The molecule has 0 saturated heterocycles. The first-order valence-corrected chi connectivity index (χ1v) is 5.07. The molecule has 0 unspecified atom stereocenters. The molecular weight excluding hydrogens is 208 g/mol. The largest absolute Gasteiger partial charge is 0.477 e. The van der Waals surface area contributed by atoms with Crippen molar-refractivity contribution in [2.75, 3.05) is 5.32 Å². The molecule has 0 aliphatic heterocycles. The van der Waals surface area contributed by atoms with Crippen molar-refractivity contribution in [3.63, 3.8) is 0 Å². The quantitative estimate of drug-likeness (QED) is 0.803. The van der Waals surface area contributed by atoms with Crippen molar-refractivity contribution in [2.24, 2.45) is 0 Å². The third-order valence-corrected chi connectivity index (χ3v) is 2.57. The van der Waals surface area contributed by atoms with Gasteiger partial charge in [0.05, 0.1) is 6.20 Å². The van der Waals surface area contributed by atoms with Crippen molar-refractivity contribution in [1.29, 1.82) is 0 Å². The lowest BCUT2D eigenvalue weighted by molar-refractivity contribution is 0.0689. The summed E-state index contributed by atoms with van der Waals surface area (Å²) in [5.41, 5.74) is 0.711. The summed E-state index contributed by atoms with van der Waals surface area (Å²) in [5.74, 6) is -0.339. The number of hydrogen-bond acceptors (Lipinski definition) is 4. The maximum atomic E-state index is 10.9. The lowest BCUT2D eigenvalue weighted by atomic mass is 10.5. The Bertz CT molecular complexity index is 559. The van der Waals surface area contributed by atoms with E-state index in [0.29, 0.717) is 17.5 Å². The number of hydrogen-bond donors (Lipinski definition) is 2. The normalized spacial score (nSPS) is 15.2. The highest BCUT2D eigenvalue weighted by Gasteiger charge is 2.23. The third kappa shape index (κ3) is 1.39. The van der Waals surface area contributed by atoms with Crippen molar-refractivity contribution in [1.82, 2.24) is 14.4 Å². The monoisotopic (exact) mass is 218 g/mol. The highest BCUT2D eigenvalue weighted by atomic mass is 16.4. The van der Waals surface area contributed by atoms with Crippen molar-refractivity contribution in [2.45, 2.75) is 18.9 Å². The maximum absolute atomic E-state index is 10.9. The predicted molar refractivity (Wildman–Crippen MR) is 56.6 cm³/mol. The zero-order valence-corrected chi connectivity index (χ0v) is 8.42. The summed E-state index contributed by atoms with van der Waals surface area (Å²) in [6, 6.07) is 0.462. The number of nitrogens with zero attached hydrogens (tertiary/aromatic N) is 3. The van der Waals surface area contributed by atoms with Crippen LogP contribution in [0, 0.1) is 0 Å². The number of fused-ring (bicyclic) bond motifs is 1. The summed E-state index contributed by atoms with van der Waals surface area (Å²) in [6.45, 7) is 0. The van der Waals surface area contributed by atoms with Crippen LogP contribution in [0.15, 0.2) is 18.6 Å². The summed E-state index contributed by atoms with van der Waals surface area (Å²) >= 11 is 0. The fraction of sp³-hybridized carbons (Fsp3) is 0.300. The van der Waals surface area contributed by atoms with Gasteiger partial charge in [-0.3, -0.25) is 4.40 Å². The summed E-state index contributed by atoms with van der Waals surface area (Å²) in [6.07, 6.45) is 6.79. The van der Waals surface area contributed by atoms with E-state index in [2.05, 4.69) is 15.3 Å². The summed E-state index contributed by atoms with van der Waals surface area (Å²) in [4.78, 5) is 19.2. The van der Waals surface area contributed by atoms with E-state index in [1.54, 1.807) is 12.4 Å².